The molecule has 16 heavy (non-hydrogen) atoms. The van der Waals surface area contributed by atoms with Crippen LogP contribution in [0.25, 0.3) is 0 Å². The van der Waals surface area contributed by atoms with Gasteiger partial charge < -0.3 is 0 Å². The Bertz CT molecular complexity index is 359. The average molecular weight is 260 g/mol. The zero-order valence-electron chi connectivity index (χ0n) is 8.34. The topological polar surface area (TPSA) is 34.1 Å². The van der Waals surface area contributed by atoms with Crippen molar-refractivity contribution in [3.8, 4) is 0 Å². The second-order valence-electron chi connectivity index (χ2n) is 4.70. The van der Waals surface area contributed by atoms with Gasteiger partial charge in [-0.25, -0.2) is 8.42 Å². The van der Waals surface area contributed by atoms with Gasteiger partial charge in [0.15, 0.2) is 0 Å². The molecule has 2 fully saturated rings. The van der Waals surface area contributed by atoms with Gasteiger partial charge in [-0.15, -0.1) is 0 Å². The van der Waals surface area contributed by atoms with Gasteiger partial charge in [-0.1, -0.05) is 6.42 Å². The number of hydrogen-bond acceptors (Lipinski definition) is 2. The number of alkyl halides is 4. The Hall–Kier alpha value is -0.330. The lowest BCUT2D eigenvalue weighted by atomic mass is 9.84. The molecular formula is C9H12F4O2S. The van der Waals surface area contributed by atoms with E-state index >= 15 is 0 Å². The van der Waals surface area contributed by atoms with Gasteiger partial charge in [0.1, 0.15) is 0 Å². The van der Waals surface area contributed by atoms with Gasteiger partial charge in [0, 0.05) is 5.92 Å². The van der Waals surface area contributed by atoms with E-state index in [0.29, 0.717) is 12.8 Å². The molecule has 0 aliphatic heterocycles. The van der Waals surface area contributed by atoms with E-state index in [1.807, 2.05) is 0 Å². The van der Waals surface area contributed by atoms with E-state index < -0.39 is 33.7 Å². The van der Waals surface area contributed by atoms with Gasteiger partial charge in [-0.3, -0.25) is 0 Å². The first-order valence-corrected chi connectivity index (χ1v) is 6.34. The van der Waals surface area contributed by atoms with E-state index in [4.69, 9.17) is 0 Å². The van der Waals surface area contributed by atoms with Crippen LogP contribution >= 0.6 is 0 Å². The minimum absolute atomic E-state index is 0.0242. The molecule has 2 aliphatic carbocycles. The molecule has 2 nitrogen and oxygen atoms in total. The van der Waals surface area contributed by atoms with Crippen LogP contribution in [0, 0.1) is 17.8 Å². The molecule has 0 radical (unpaired) electrons. The fourth-order valence-corrected chi connectivity index (χ4v) is 3.44. The SMILES string of the molecule is O=[SH](=O)C(F)(F)C(F)(F)C1CC2CCC1C2. The number of halogens is 4. The first-order chi connectivity index (χ1) is 7.26. The van der Waals surface area contributed by atoms with Crippen molar-refractivity contribution in [1.29, 1.82) is 0 Å². The van der Waals surface area contributed by atoms with E-state index in [9.17, 15) is 26.0 Å². The van der Waals surface area contributed by atoms with Crippen LogP contribution in [0.15, 0.2) is 0 Å². The van der Waals surface area contributed by atoms with E-state index in [1.54, 1.807) is 0 Å². The maximum absolute atomic E-state index is 13.5. The van der Waals surface area contributed by atoms with Crippen molar-refractivity contribution in [3.05, 3.63) is 0 Å². The zero-order chi connectivity index (χ0) is 12.1. The van der Waals surface area contributed by atoms with E-state index in [-0.39, 0.29) is 12.3 Å². The van der Waals surface area contributed by atoms with Crippen LogP contribution in [0.4, 0.5) is 17.6 Å². The van der Waals surface area contributed by atoms with Crippen LogP contribution in [0.2, 0.25) is 0 Å². The number of rotatable bonds is 3. The van der Waals surface area contributed by atoms with E-state index in [2.05, 4.69) is 0 Å². The first-order valence-electron chi connectivity index (χ1n) is 5.17. The summed E-state index contributed by atoms with van der Waals surface area (Å²) >= 11 is 0. The fourth-order valence-electron chi connectivity index (χ4n) is 3.03. The molecule has 2 saturated carbocycles. The molecule has 0 heterocycles. The third kappa shape index (κ3) is 1.55. The summed E-state index contributed by atoms with van der Waals surface area (Å²) in [6.45, 7) is 0. The Morgan fingerprint density at radius 2 is 1.62 bits per heavy atom. The van der Waals surface area contributed by atoms with Crippen molar-refractivity contribution in [1.82, 2.24) is 0 Å². The molecular weight excluding hydrogens is 248 g/mol. The smallest absolute Gasteiger partial charge is 0.225 e. The maximum atomic E-state index is 13.5. The van der Waals surface area contributed by atoms with Crippen molar-refractivity contribution in [2.24, 2.45) is 17.8 Å². The first kappa shape index (κ1) is 12.1. The maximum Gasteiger partial charge on any atom is 0.404 e. The quantitative estimate of drug-likeness (QED) is 0.624. The molecule has 0 N–H and O–H groups in total. The van der Waals surface area contributed by atoms with Gasteiger partial charge in [0.05, 0.1) is 0 Å². The molecule has 94 valence electrons. The van der Waals surface area contributed by atoms with Gasteiger partial charge in [0.25, 0.3) is 0 Å². The summed E-state index contributed by atoms with van der Waals surface area (Å²) in [5.74, 6) is -6.28. The Morgan fingerprint density at radius 3 is 2.00 bits per heavy atom. The Morgan fingerprint density at radius 1 is 1.00 bits per heavy atom. The highest BCUT2D eigenvalue weighted by Crippen LogP contribution is 2.57. The van der Waals surface area contributed by atoms with E-state index in [0.717, 1.165) is 6.42 Å². The summed E-state index contributed by atoms with van der Waals surface area (Å²) < 4.78 is 73.3. The summed E-state index contributed by atoms with van der Waals surface area (Å²) in [6, 6.07) is 0. The predicted octanol–water partition coefficient (Wildman–Crippen LogP) is 2.26. The van der Waals surface area contributed by atoms with Gasteiger partial charge >= 0.3 is 11.2 Å². The van der Waals surface area contributed by atoms with Crippen LogP contribution < -0.4 is 0 Å². The molecule has 7 heteroatoms. The highest BCUT2D eigenvalue weighted by molar-refractivity contribution is 7.73. The lowest BCUT2D eigenvalue weighted by molar-refractivity contribution is -0.198. The van der Waals surface area contributed by atoms with Crippen LogP contribution in [0.1, 0.15) is 25.7 Å². The van der Waals surface area contributed by atoms with E-state index in [1.165, 1.54) is 0 Å². The summed E-state index contributed by atoms with van der Waals surface area (Å²) in [4.78, 5) is 0. The molecule has 0 aromatic rings. The Labute approximate surface area is 92.0 Å². The number of thiol groups is 1. The Balaban J connectivity index is 2.25. The standard InChI is InChI=1S/C9H12F4O2S/c10-8(11,9(12,13)16(14)15)7-4-5-1-2-6(7)3-5/h5-7,16H,1-4H2. The van der Waals surface area contributed by atoms with Gasteiger partial charge in [-0.05, 0) is 31.1 Å². The van der Waals surface area contributed by atoms with Crippen LogP contribution in [0.3, 0.4) is 0 Å². The highest BCUT2D eigenvalue weighted by atomic mass is 32.2. The second kappa shape index (κ2) is 3.58. The third-order valence-electron chi connectivity index (χ3n) is 3.83. The molecule has 0 aromatic heterocycles. The Kier molecular flexibility index (Phi) is 2.72. The zero-order valence-corrected chi connectivity index (χ0v) is 9.23. The predicted molar refractivity (Wildman–Crippen MR) is 49.1 cm³/mol. The third-order valence-corrected chi connectivity index (χ3v) is 4.59. The normalized spacial score (nSPS) is 34.9. The van der Waals surface area contributed by atoms with Gasteiger partial charge in [0.2, 0.25) is 10.7 Å². The molecule has 0 spiro atoms. The number of fused-ring (bicyclic) bond motifs is 2. The molecule has 2 bridgehead atoms. The minimum atomic E-state index is -4.92. The van der Waals surface area contributed by atoms with Crippen molar-refractivity contribution < 1.29 is 26.0 Å². The van der Waals surface area contributed by atoms with Crippen LogP contribution in [0.5, 0.6) is 0 Å². The molecule has 3 atom stereocenters. The molecule has 0 aromatic carbocycles. The number of hydrogen-bond donors (Lipinski definition) is 1. The largest absolute Gasteiger partial charge is 0.404 e. The van der Waals surface area contributed by atoms with Crippen LogP contribution in [-0.2, 0) is 10.7 Å². The van der Waals surface area contributed by atoms with Crippen molar-refractivity contribution in [2.75, 3.05) is 0 Å². The molecule has 2 aliphatic rings. The average Bonchev–Trinajstić information content (AvgIpc) is 2.77. The van der Waals surface area contributed by atoms with Crippen molar-refractivity contribution >= 4 is 10.7 Å². The molecule has 2 rings (SSSR count). The van der Waals surface area contributed by atoms with Crippen LogP contribution in [-0.4, -0.2) is 19.6 Å². The molecule has 3 unspecified atom stereocenters. The van der Waals surface area contributed by atoms with Crippen molar-refractivity contribution in [3.63, 3.8) is 0 Å². The summed E-state index contributed by atoms with van der Waals surface area (Å²) in [5.41, 5.74) is 0. The summed E-state index contributed by atoms with van der Waals surface area (Å²) in [7, 11) is -4.44. The lowest BCUT2D eigenvalue weighted by Gasteiger charge is -2.32. The van der Waals surface area contributed by atoms with Crippen molar-refractivity contribution in [2.45, 2.75) is 36.9 Å². The minimum Gasteiger partial charge on any atom is -0.225 e. The molecule has 0 saturated heterocycles. The second-order valence-corrected chi connectivity index (χ2v) is 5.78. The lowest BCUT2D eigenvalue weighted by Crippen LogP contribution is -2.49. The fraction of sp³-hybridized carbons (Fsp3) is 1.00. The monoisotopic (exact) mass is 260 g/mol. The highest BCUT2D eigenvalue weighted by Gasteiger charge is 2.67. The summed E-state index contributed by atoms with van der Waals surface area (Å²) in [5, 5.41) is -4.92. The van der Waals surface area contributed by atoms with Gasteiger partial charge in [-0.2, -0.15) is 17.6 Å². The summed E-state index contributed by atoms with van der Waals surface area (Å²) in [6.07, 6.45) is 1.87. The molecule has 0 amide bonds.